The fourth-order valence-electron chi connectivity index (χ4n) is 4.34. The first-order chi connectivity index (χ1) is 15.5. The number of hydrogen-bond acceptors (Lipinski definition) is 6. The number of carbonyl (C=O) groups excluding carboxylic acids is 2. The standard InChI is InChI=1S/C25H21N3O4/c1-15-10-19-11-17(6-7-20(19)32-15)23(29)21-22(18-5-3-9-27-13-18)28(25(31)24(21)30)14-16-4-2-8-26-12-16/h2-9,11-13,15,22,29H,10,14H2,1H3/t15-,22+/m0/s1. The number of amides is 1. The summed E-state index contributed by atoms with van der Waals surface area (Å²) in [5, 5.41) is 11.2. The first kappa shape index (κ1) is 19.9. The molecule has 2 aliphatic rings. The van der Waals surface area contributed by atoms with Crippen LogP contribution in [0.1, 0.15) is 35.2 Å². The number of aromatic nitrogens is 2. The number of Topliss-reactive ketones (excluding diaryl/α,β-unsaturated/α-hetero) is 1. The van der Waals surface area contributed by atoms with Gasteiger partial charge >= 0.3 is 0 Å². The Hall–Kier alpha value is -4.00. The number of fused-ring (bicyclic) bond motifs is 1. The predicted octanol–water partition coefficient (Wildman–Crippen LogP) is 3.42. The van der Waals surface area contributed by atoms with Gasteiger partial charge in [0.2, 0.25) is 0 Å². The maximum Gasteiger partial charge on any atom is 0.295 e. The second kappa shape index (κ2) is 7.92. The number of likely N-dealkylation sites (tertiary alicyclic amines) is 1. The van der Waals surface area contributed by atoms with Crippen molar-refractivity contribution in [1.82, 2.24) is 14.9 Å². The van der Waals surface area contributed by atoms with Crippen LogP contribution in [0.15, 0.2) is 72.8 Å². The number of ether oxygens (including phenoxy) is 1. The molecule has 1 amide bonds. The van der Waals surface area contributed by atoms with Gasteiger partial charge in [0.25, 0.3) is 11.7 Å². The van der Waals surface area contributed by atoms with Crippen molar-refractivity contribution in [2.75, 3.05) is 0 Å². The van der Waals surface area contributed by atoms with Crippen LogP contribution in [0, 0.1) is 0 Å². The van der Waals surface area contributed by atoms with Crippen molar-refractivity contribution in [2.24, 2.45) is 0 Å². The molecule has 160 valence electrons. The summed E-state index contributed by atoms with van der Waals surface area (Å²) >= 11 is 0. The van der Waals surface area contributed by atoms with Gasteiger partial charge < -0.3 is 14.7 Å². The molecule has 0 unspecified atom stereocenters. The van der Waals surface area contributed by atoms with Crippen LogP contribution in [0.2, 0.25) is 0 Å². The third-order valence-corrected chi connectivity index (χ3v) is 5.79. The molecule has 4 heterocycles. The topological polar surface area (TPSA) is 92.6 Å². The highest BCUT2D eigenvalue weighted by atomic mass is 16.5. The van der Waals surface area contributed by atoms with Crippen molar-refractivity contribution in [2.45, 2.75) is 32.0 Å². The molecule has 0 aliphatic carbocycles. The van der Waals surface area contributed by atoms with Crippen molar-refractivity contribution < 1.29 is 19.4 Å². The van der Waals surface area contributed by atoms with E-state index in [0.717, 1.165) is 23.3 Å². The molecule has 1 fully saturated rings. The first-order valence-corrected chi connectivity index (χ1v) is 10.4. The van der Waals surface area contributed by atoms with Gasteiger partial charge in [0, 0.05) is 43.3 Å². The molecule has 0 radical (unpaired) electrons. The minimum absolute atomic E-state index is 0.0544. The minimum Gasteiger partial charge on any atom is -0.507 e. The van der Waals surface area contributed by atoms with E-state index in [1.165, 1.54) is 4.90 Å². The van der Waals surface area contributed by atoms with Crippen LogP contribution in [0.4, 0.5) is 0 Å². The molecule has 0 bridgehead atoms. The van der Waals surface area contributed by atoms with E-state index in [1.54, 1.807) is 55.1 Å². The third kappa shape index (κ3) is 3.41. The van der Waals surface area contributed by atoms with Gasteiger partial charge in [-0.2, -0.15) is 0 Å². The van der Waals surface area contributed by atoms with Crippen molar-refractivity contribution in [3.63, 3.8) is 0 Å². The summed E-state index contributed by atoms with van der Waals surface area (Å²) in [7, 11) is 0. The molecule has 7 heteroatoms. The maximum atomic E-state index is 13.1. The van der Waals surface area contributed by atoms with Crippen LogP contribution in [-0.2, 0) is 22.6 Å². The van der Waals surface area contributed by atoms with Crippen LogP contribution >= 0.6 is 0 Å². The summed E-state index contributed by atoms with van der Waals surface area (Å²) in [6.45, 7) is 2.16. The lowest BCUT2D eigenvalue weighted by atomic mass is 9.95. The van der Waals surface area contributed by atoms with E-state index in [0.29, 0.717) is 11.1 Å². The summed E-state index contributed by atoms with van der Waals surface area (Å²) in [5.74, 6) is -0.809. The molecular weight excluding hydrogens is 406 g/mol. The Morgan fingerprint density at radius 1 is 1.12 bits per heavy atom. The molecule has 3 aromatic rings. The number of hydrogen-bond donors (Lipinski definition) is 1. The summed E-state index contributed by atoms with van der Waals surface area (Å²) in [6, 6.07) is 11.7. The Morgan fingerprint density at radius 3 is 2.62 bits per heavy atom. The molecule has 1 aromatic carbocycles. The van der Waals surface area contributed by atoms with Gasteiger partial charge in [-0.15, -0.1) is 0 Å². The fraction of sp³-hybridized carbons (Fsp3) is 0.200. The second-order valence-corrected chi connectivity index (χ2v) is 8.03. The monoisotopic (exact) mass is 427 g/mol. The molecule has 2 atom stereocenters. The Balaban J connectivity index is 1.62. The number of rotatable bonds is 4. The van der Waals surface area contributed by atoms with E-state index in [-0.39, 0.29) is 24.0 Å². The van der Waals surface area contributed by atoms with Crippen LogP contribution < -0.4 is 4.74 Å². The molecule has 1 saturated heterocycles. The molecule has 1 N–H and O–H groups in total. The number of carbonyl (C=O) groups is 2. The maximum absolute atomic E-state index is 13.1. The van der Waals surface area contributed by atoms with E-state index in [4.69, 9.17) is 4.74 Å². The molecule has 5 rings (SSSR count). The van der Waals surface area contributed by atoms with E-state index in [9.17, 15) is 14.7 Å². The number of benzene rings is 1. The number of aliphatic hydroxyl groups excluding tert-OH is 1. The fourth-order valence-corrected chi connectivity index (χ4v) is 4.34. The first-order valence-electron chi connectivity index (χ1n) is 10.4. The minimum atomic E-state index is -0.757. The van der Waals surface area contributed by atoms with Crippen molar-refractivity contribution >= 4 is 17.4 Å². The zero-order valence-corrected chi connectivity index (χ0v) is 17.4. The molecule has 7 nitrogen and oxygen atoms in total. The number of nitrogens with zero attached hydrogens (tertiary/aromatic N) is 3. The van der Waals surface area contributed by atoms with Gasteiger partial charge in [-0.3, -0.25) is 19.6 Å². The van der Waals surface area contributed by atoms with Gasteiger partial charge in [-0.05, 0) is 53.9 Å². The lowest BCUT2D eigenvalue weighted by Gasteiger charge is -2.25. The van der Waals surface area contributed by atoms with Gasteiger partial charge in [0.05, 0.1) is 11.6 Å². The van der Waals surface area contributed by atoms with Crippen LogP contribution in [0.5, 0.6) is 5.75 Å². The molecular formula is C25H21N3O4. The number of ketones is 1. The summed E-state index contributed by atoms with van der Waals surface area (Å²) in [4.78, 5) is 35.9. The van der Waals surface area contributed by atoms with Crippen LogP contribution in [0.25, 0.3) is 5.76 Å². The molecule has 0 spiro atoms. The highest BCUT2D eigenvalue weighted by Crippen LogP contribution is 2.41. The zero-order chi connectivity index (χ0) is 22.2. The lowest BCUT2D eigenvalue weighted by molar-refractivity contribution is -0.140. The van der Waals surface area contributed by atoms with Gasteiger partial charge in [-0.1, -0.05) is 12.1 Å². The van der Waals surface area contributed by atoms with Gasteiger partial charge in [-0.25, -0.2) is 0 Å². The Labute approximate surface area is 185 Å². The molecule has 2 aliphatic heterocycles. The highest BCUT2D eigenvalue weighted by Gasteiger charge is 2.46. The lowest BCUT2D eigenvalue weighted by Crippen LogP contribution is -2.29. The highest BCUT2D eigenvalue weighted by molar-refractivity contribution is 6.46. The van der Waals surface area contributed by atoms with Crippen LogP contribution in [0.3, 0.4) is 0 Å². The van der Waals surface area contributed by atoms with Crippen molar-refractivity contribution in [3.8, 4) is 5.75 Å². The van der Waals surface area contributed by atoms with Crippen molar-refractivity contribution in [1.29, 1.82) is 0 Å². The number of pyridine rings is 2. The largest absolute Gasteiger partial charge is 0.507 e. The molecule has 2 aromatic heterocycles. The van der Waals surface area contributed by atoms with Gasteiger partial charge in [0.1, 0.15) is 17.6 Å². The van der Waals surface area contributed by atoms with Crippen LogP contribution in [-0.4, -0.2) is 37.8 Å². The van der Waals surface area contributed by atoms with E-state index in [2.05, 4.69) is 9.97 Å². The Morgan fingerprint density at radius 2 is 1.91 bits per heavy atom. The third-order valence-electron chi connectivity index (χ3n) is 5.79. The van der Waals surface area contributed by atoms with Crippen molar-refractivity contribution in [3.05, 3.63) is 95.1 Å². The molecule has 0 saturated carbocycles. The van der Waals surface area contributed by atoms with Gasteiger partial charge in [0.15, 0.2) is 0 Å². The van der Waals surface area contributed by atoms with E-state index >= 15 is 0 Å². The Bertz CT molecular complexity index is 1220. The normalized spacial score (nSPS) is 21.5. The smallest absolute Gasteiger partial charge is 0.295 e. The number of aliphatic hydroxyl groups is 1. The average Bonchev–Trinajstić information content (AvgIpc) is 3.31. The predicted molar refractivity (Wildman–Crippen MR) is 117 cm³/mol. The quantitative estimate of drug-likeness (QED) is 0.390. The SMILES string of the molecule is C[C@H]1Cc2cc(C(O)=C3C(=O)C(=O)N(Cc4cccnc4)[C@@H]3c3cccnc3)ccc2O1. The second-order valence-electron chi connectivity index (χ2n) is 8.03. The molecule has 32 heavy (non-hydrogen) atoms. The van der Waals surface area contributed by atoms with E-state index < -0.39 is 17.7 Å². The summed E-state index contributed by atoms with van der Waals surface area (Å²) in [5.41, 5.74) is 2.93. The summed E-state index contributed by atoms with van der Waals surface area (Å²) in [6.07, 6.45) is 7.31. The summed E-state index contributed by atoms with van der Waals surface area (Å²) < 4.78 is 5.74. The van der Waals surface area contributed by atoms with E-state index in [1.807, 2.05) is 19.1 Å². The Kier molecular flexibility index (Phi) is 4.93. The average molecular weight is 427 g/mol. The zero-order valence-electron chi connectivity index (χ0n) is 17.4.